The normalized spacial score (nSPS) is 22.6. The van der Waals surface area contributed by atoms with Crippen LogP contribution < -0.4 is 0 Å². The summed E-state index contributed by atoms with van der Waals surface area (Å²) < 4.78 is 6.86. The number of carbonyl (C=O) groups is 1. The molecule has 1 aromatic rings. The molecule has 2 aliphatic rings. The number of ether oxygens (including phenoxy) is 1. The van der Waals surface area contributed by atoms with Crippen LogP contribution in [0.4, 0.5) is 4.79 Å². The average molecular weight is 384 g/mol. The minimum absolute atomic E-state index is 0.181. The van der Waals surface area contributed by atoms with Crippen molar-refractivity contribution < 1.29 is 9.53 Å². The molecular formula is C18H30ClN5O2. The highest BCUT2D eigenvalue weighted by atomic mass is 35.5. The minimum atomic E-state index is -0.181. The van der Waals surface area contributed by atoms with Gasteiger partial charge in [-0.3, -0.25) is 14.5 Å². The Morgan fingerprint density at radius 2 is 2.00 bits per heavy atom. The van der Waals surface area contributed by atoms with Crippen LogP contribution in [-0.2, 0) is 18.3 Å². The van der Waals surface area contributed by atoms with Crippen LogP contribution in [-0.4, -0.2) is 82.5 Å². The van der Waals surface area contributed by atoms with Gasteiger partial charge in [-0.1, -0.05) is 11.6 Å². The maximum atomic E-state index is 11.9. The van der Waals surface area contributed by atoms with Gasteiger partial charge < -0.3 is 9.64 Å². The molecule has 146 valence electrons. The molecule has 3 heterocycles. The zero-order valence-electron chi connectivity index (χ0n) is 16.1. The van der Waals surface area contributed by atoms with E-state index in [1.807, 2.05) is 25.8 Å². The standard InChI is InChI=1S/C18H30ClN5O2/c1-4-26-18(25)24-10-8-23(9-11-24)15-6-5-7-22(12-15)13-16-14(2)20-21(3)17(16)19/h15H,4-13H2,1-3H3/t15-/m1/s1. The molecular weight excluding hydrogens is 354 g/mol. The average Bonchev–Trinajstić information content (AvgIpc) is 2.88. The first-order valence-electron chi connectivity index (χ1n) is 9.55. The van der Waals surface area contributed by atoms with Crippen LogP contribution in [0, 0.1) is 6.92 Å². The van der Waals surface area contributed by atoms with E-state index in [0.717, 1.165) is 62.2 Å². The van der Waals surface area contributed by atoms with Crippen LogP contribution in [0.5, 0.6) is 0 Å². The van der Waals surface area contributed by atoms with Crippen LogP contribution in [0.25, 0.3) is 0 Å². The molecule has 0 unspecified atom stereocenters. The molecule has 0 N–H and O–H groups in total. The van der Waals surface area contributed by atoms with E-state index in [1.54, 1.807) is 4.68 Å². The maximum absolute atomic E-state index is 11.9. The van der Waals surface area contributed by atoms with E-state index in [4.69, 9.17) is 16.3 Å². The second-order valence-corrected chi connectivity index (χ2v) is 7.59. The van der Waals surface area contributed by atoms with Gasteiger partial charge in [0.25, 0.3) is 0 Å². The zero-order chi connectivity index (χ0) is 18.7. The van der Waals surface area contributed by atoms with Crippen LogP contribution in [0.15, 0.2) is 0 Å². The van der Waals surface area contributed by atoms with Crippen molar-refractivity contribution in [2.45, 2.75) is 39.3 Å². The highest BCUT2D eigenvalue weighted by Gasteiger charge is 2.30. The smallest absolute Gasteiger partial charge is 0.409 e. The summed E-state index contributed by atoms with van der Waals surface area (Å²) in [5.41, 5.74) is 2.16. The van der Waals surface area contributed by atoms with E-state index in [0.29, 0.717) is 12.6 Å². The molecule has 1 atom stereocenters. The number of hydrogen-bond acceptors (Lipinski definition) is 5. The van der Waals surface area contributed by atoms with Crippen molar-refractivity contribution in [1.29, 1.82) is 0 Å². The molecule has 1 aromatic heterocycles. The Bertz CT molecular complexity index is 627. The third-order valence-electron chi connectivity index (χ3n) is 5.49. The Hall–Kier alpha value is -1.31. The van der Waals surface area contributed by atoms with Gasteiger partial charge in [0.05, 0.1) is 12.3 Å². The molecule has 8 heteroatoms. The van der Waals surface area contributed by atoms with Crippen LogP contribution in [0.2, 0.25) is 5.15 Å². The SMILES string of the molecule is CCOC(=O)N1CCN([C@@H]2CCCN(Cc3c(C)nn(C)c3Cl)C2)CC1. The third kappa shape index (κ3) is 4.32. The number of halogens is 1. The van der Waals surface area contributed by atoms with Gasteiger partial charge in [-0.15, -0.1) is 0 Å². The molecule has 0 radical (unpaired) electrons. The lowest BCUT2D eigenvalue weighted by Gasteiger charge is -2.43. The van der Waals surface area contributed by atoms with E-state index in [1.165, 1.54) is 12.8 Å². The van der Waals surface area contributed by atoms with Gasteiger partial charge >= 0.3 is 6.09 Å². The molecule has 7 nitrogen and oxygen atoms in total. The molecule has 26 heavy (non-hydrogen) atoms. The monoisotopic (exact) mass is 383 g/mol. The Balaban J connectivity index is 1.53. The molecule has 0 saturated carbocycles. The number of likely N-dealkylation sites (tertiary alicyclic amines) is 1. The van der Waals surface area contributed by atoms with Gasteiger partial charge in [-0.25, -0.2) is 4.79 Å². The highest BCUT2D eigenvalue weighted by Crippen LogP contribution is 2.24. The molecule has 2 fully saturated rings. The number of rotatable bonds is 4. The van der Waals surface area contributed by atoms with E-state index < -0.39 is 0 Å². The lowest BCUT2D eigenvalue weighted by molar-refractivity contribution is 0.0412. The summed E-state index contributed by atoms with van der Waals surface area (Å²) in [5.74, 6) is 0. The first kappa shape index (κ1) is 19.5. The van der Waals surface area contributed by atoms with Crippen molar-refractivity contribution in [3.8, 4) is 0 Å². The number of piperidine rings is 1. The van der Waals surface area contributed by atoms with Gasteiger partial charge in [0.15, 0.2) is 0 Å². The fourth-order valence-electron chi connectivity index (χ4n) is 4.03. The molecule has 0 aromatic carbocycles. The molecule has 2 aliphatic heterocycles. The number of aryl methyl sites for hydroxylation is 2. The number of nitrogens with zero attached hydrogens (tertiary/aromatic N) is 5. The molecule has 0 aliphatic carbocycles. The van der Waals surface area contributed by atoms with Gasteiger partial charge in [-0.05, 0) is 33.2 Å². The van der Waals surface area contributed by atoms with Gasteiger partial charge in [0, 0.05) is 57.9 Å². The highest BCUT2D eigenvalue weighted by molar-refractivity contribution is 6.30. The minimum Gasteiger partial charge on any atom is -0.450 e. The molecule has 0 spiro atoms. The summed E-state index contributed by atoms with van der Waals surface area (Å²) in [4.78, 5) is 18.7. The number of hydrogen-bond donors (Lipinski definition) is 0. The van der Waals surface area contributed by atoms with Crippen LogP contribution in [0.1, 0.15) is 31.0 Å². The van der Waals surface area contributed by atoms with Crippen molar-refractivity contribution >= 4 is 17.7 Å². The lowest BCUT2D eigenvalue weighted by Crippen LogP contribution is -2.55. The van der Waals surface area contributed by atoms with Crippen molar-refractivity contribution in [2.24, 2.45) is 7.05 Å². The summed E-state index contributed by atoms with van der Waals surface area (Å²) in [7, 11) is 1.89. The van der Waals surface area contributed by atoms with E-state index in [2.05, 4.69) is 14.9 Å². The summed E-state index contributed by atoms with van der Waals surface area (Å²) in [6, 6.07) is 0.545. The van der Waals surface area contributed by atoms with Gasteiger partial charge in [0.2, 0.25) is 0 Å². The summed E-state index contributed by atoms with van der Waals surface area (Å²) >= 11 is 6.40. The fraction of sp³-hybridized carbons (Fsp3) is 0.778. The van der Waals surface area contributed by atoms with Crippen LogP contribution in [0.3, 0.4) is 0 Å². The zero-order valence-corrected chi connectivity index (χ0v) is 16.8. The molecule has 0 bridgehead atoms. The quantitative estimate of drug-likeness (QED) is 0.797. The predicted octanol–water partition coefficient (Wildman–Crippen LogP) is 2.12. The van der Waals surface area contributed by atoms with E-state index in [-0.39, 0.29) is 6.09 Å². The Morgan fingerprint density at radius 3 is 2.62 bits per heavy atom. The predicted molar refractivity (Wildman–Crippen MR) is 101 cm³/mol. The maximum Gasteiger partial charge on any atom is 0.409 e. The second-order valence-electron chi connectivity index (χ2n) is 7.23. The van der Waals surface area contributed by atoms with E-state index in [9.17, 15) is 4.79 Å². The Morgan fingerprint density at radius 1 is 1.27 bits per heavy atom. The Labute approximate surface area is 160 Å². The first-order chi connectivity index (χ1) is 12.5. The fourth-order valence-corrected chi connectivity index (χ4v) is 4.27. The number of aromatic nitrogens is 2. The summed E-state index contributed by atoms with van der Waals surface area (Å²) in [6.07, 6.45) is 2.23. The topological polar surface area (TPSA) is 53.8 Å². The number of piperazine rings is 1. The third-order valence-corrected chi connectivity index (χ3v) is 5.96. The van der Waals surface area contributed by atoms with Crippen molar-refractivity contribution in [3.63, 3.8) is 0 Å². The summed E-state index contributed by atoms with van der Waals surface area (Å²) in [6.45, 7) is 10.7. The van der Waals surface area contributed by atoms with Gasteiger partial charge in [-0.2, -0.15) is 5.10 Å². The van der Waals surface area contributed by atoms with E-state index >= 15 is 0 Å². The second kappa shape index (κ2) is 8.59. The molecule has 1 amide bonds. The molecule has 2 saturated heterocycles. The molecule has 3 rings (SSSR count). The first-order valence-corrected chi connectivity index (χ1v) is 9.93. The summed E-state index contributed by atoms with van der Waals surface area (Å²) in [5, 5.41) is 5.17. The van der Waals surface area contributed by atoms with Gasteiger partial charge in [0.1, 0.15) is 5.15 Å². The number of amides is 1. The lowest BCUT2D eigenvalue weighted by atomic mass is 10.0. The number of carbonyl (C=O) groups excluding carboxylic acids is 1. The van der Waals surface area contributed by atoms with Crippen molar-refractivity contribution in [1.82, 2.24) is 24.5 Å². The van der Waals surface area contributed by atoms with Crippen LogP contribution >= 0.6 is 11.6 Å². The van der Waals surface area contributed by atoms with Crippen molar-refractivity contribution in [3.05, 3.63) is 16.4 Å². The largest absolute Gasteiger partial charge is 0.450 e. The van der Waals surface area contributed by atoms with Crippen molar-refractivity contribution in [2.75, 3.05) is 45.9 Å². The Kier molecular flexibility index (Phi) is 6.42.